The van der Waals surface area contributed by atoms with Crippen LogP contribution in [0.5, 0.6) is 0 Å². The number of hydrogen-bond acceptors (Lipinski definition) is 3. The predicted octanol–water partition coefficient (Wildman–Crippen LogP) is 3.61. The molecule has 0 aliphatic heterocycles. The van der Waals surface area contributed by atoms with Crippen LogP contribution in [-0.4, -0.2) is 0 Å². The Hall–Kier alpha value is -2.37. The summed E-state index contributed by atoms with van der Waals surface area (Å²) in [4.78, 5) is 0. The van der Waals surface area contributed by atoms with Gasteiger partial charge in [-0.2, -0.15) is 13.2 Å². The standard InChI is InChI=1S/C13H12F3N3/c14-13(15,16)11-7-9(18)3-6-12(11)19-10-4-1-8(17)2-5-10/h1-7,19H,17-18H2. The van der Waals surface area contributed by atoms with Crippen molar-refractivity contribution >= 4 is 22.7 Å². The van der Waals surface area contributed by atoms with Gasteiger partial charge < -0.3 is 16.8 Å². The summed E-state index contributed by atoms with van der Waals surface area (Å²) in [5.41, 5.74) is 11.2. The van der Waals surface area contributed by atoms with Gasteiger partial charge in [-0.1, -0.05) is 0 Å². The van der Waals surface area contributed by atoms with E-state index in [1.54, 1.807) is 24.3 Å². The fourth-order valence-corrected chi connectivity index (χ4v) is 1.63. The molecule has 0 saturated heterocycles. The molecule has 5 N–H and O–H groups in total. The van der Waals surface area contributed by atoms with Crippen molar-refractivity contribution in [3.8, 4) is 0 Å². The van der Waals surface area contributed by atoms with Crippen molar-refractivity contribution in [2.75, 3.05) is 16.8 Å². The van der Waals surface area contributed by atoms with E-state index in [1.165, 1.54) is 12.1 Å². The minimum Gasteiger partial charge on any atom is -0.399 e. The quantitative estimate of drug-likeness (QED) is 0.728. The highest BCUT2D eigenvalue weighted by atomic mass is 19.4. The van der Waals surface area contributed by atoms with E-state index in [-0.39, 0.29) is 11.4 Å². The molecule has 0 spiro atoms. The Bertz CT molecular complexity index is 577. The van der Waals surface area contributed by atoms with Gasteiger partial charge in [0.2, 0.25) is 0 Å². The zero-order chi connectivity index (χ0) is 14.0. The lowest BCUT2D eigenvalue weighted by molar-refractivity contribution is -0.136. The van der Waals surface area contributed by atoms with Gasteiger partial charge in [0, 0.05) is 17.1 Å². The summed E-state index contributed by atoms with van der Waals surface area (Å²) in [5.74, 6) is 0. The molecule has 2 aromatic carbocycles. The maximum atomic E-state index is 12.9. The van der Waals surface area contributed by atoms with E-state index in [0.717, 1.165) is 6.07 Å². The molecule has 0 unspecified atom stereocenters. The highest BCUT2D eigenvalue weighted by Crippen LogP contribution is 2.37. The molecule has 100 valence electrons. The van der Waals surface area contributed by atoms with Crippen LogP contribution in [0.25, 0.3) is 0 Å². The second kappa shape index (κ2) is 4.72. The Morgan fingerprint density at radius 1 is 0.842 bits per heavy atom. The van der Waals surface area contributed by atoms with Crippen LogP contribution < -0.4 is 16.8 Å². The fourth-order valence-electron chi connectivity index (χ4n) is 1.63. The Kier molecular flexibility index (Phi) is 3.25. The maximum Gasteiger partial charge on any atom is 0.418 e. The normalized spacial score (nSPS) is 11.3. The lowest BCUT2D eigenvalue weighted by Crippen LogP contribution is -2.09. The van der Waals surface area contributed by atoms with Crippen LogP contribution >= 0.6 is 0 Å². The first-order valence-electron chi connectivity index (χ1n) is 5.45. The second-order valence-corrected chi connectivity index (χ2v) is 4.05. The van der Waals surface area contributed by atoms with Crippen molar-refractivity contribution < 1.29 is 13.2 Å². The van der Waals surface area contributed by atoms with E-state index in [4.69, 9.17) is 11.5 Å². The molecule has 19 heavy (non-hydrogen) atoms. The molecule has 0 aromatic heterocycles. The summed E-state index contributed by atoms with van der Waals surface area (Å²) < 4.78 is 38.6. The van der Waals surface area contributed by atoms with Gasteiger partial charge >= 0.3 is 6.18 Å². The molecule has 2 rings (SSSR count). The van der Waals surface area contributed by atoms with E-state index in [1.807, 2.05) is 0 Å². The number of halogens is 3. The largest absolute Gasteiger partial charge is 0.418 e. The Labute approximate surface area is 108 Å². The number of benzene rings is 2. The lowest BCUT2D eigenvalue weighted by atomic mass is 10.1. The summed E-state index contributed by atoms with van der Waals surface area (Å²) in [6.07, 6.45) is -4.47. The Morgan fingerprint density at radius 3 is 2.00 bits per heavy atom. The summed E-state index contributed by atoms with van der Waals surface area (Å²) in [6.45, 7) is 0. The van der Waals surface area contributed by atoms with Gasteiger partial charge in [-0.3, -0.25) is 0 Å². The molecule has 0 bridgehead atoms. The summed E-state index contributed by atoms with van der Waals surface area (Å²) in [6, 6.07) is 10.0. The monoisotopic (exact) mass is 267 g/mol. The van der Waals surface area contributed by atoms with Gasteiger partial charge in [0.15, 0.2) is 0 Å². The number of nitrogens with one attached hydrogen (secondary N) is 1. The molecule has 0 heterocycles. The number of alkyl halides is 3. The molecule has 3 nitrogen and oxygen atoms in total. The van der Waals surface area contributed by atoms with Crippen molar-refractivity contribution in [2.45, 2.75) is 6.18 Å². The fraction of sp³-hybridized carbons (Fsp3) is 0.0769. The van der Waals surface area contributed by atoms with Crippen molar-refractivity contribution in [3.63, 3.8) is 0 Å². The molecular weight excluding hydrogens is 255 g/mol. The minimum atomic E-state index is -4.47. The van der Waals surface area contributed by atoms with Crippen molar-refractivity contribution in [1.82, 2.24) is 0 Å². The van der Waals surface area contributed by atoms with Crippen LogP contribution in [-0.2, 0) is 6.18 Å². The van der Waals surface area contributed by atoms with Crippen LogP contribution in [0.15, 0.2) is 42.5 Å². The van der Waals surface area contributed by atoms with E-state index in [2.05, 4.69) is 5.32 Å². The van der Waals surface area contributed by atoms with E-state index >= 15 is 0 Å². The molecule has 0 fully saturated rings. The molecule has 0 radical (unpaired) electrons. The second-order valence-electron chi connectivity index (χ2n) is 4.05. The topological polar surface area (TPSA) is 64.1 Å². The van der Waals surface area contributed by atoms with Gasteiger partial charge in [-0.05, 0) is 42.5 Å². The van der Waals surface area contributed by atoms with Crippen LogP contribution in [0.1, 0.15) is 5.56 Å². The van der Waals surface area contributed by atoms with E-state index in [0.29, 0.717) is 11.4 Å². The summed E-state index contributed by atoms with van der Waals surface area (Å²) in [5, 5.41) is 2.70. The molecule has 0 saturated carbocycles. The average Bonchev–Trinajstić information content (AvgIpc) is 2.33. The van der Waals surface area contributed by atoms with E-state index < -0.39 is 11.7 Å². The number of anilines is 4. The first-order valence-corrected chi connectivity index (χ1v) is 5.45. The first kappa shape index (κ1) is 13.1. The molecule has 2 aromatic rings. The molecule has 0 aliphatic carbocycles. The molecule has 0 aliphatic rings. The third-order valence-electron chi connectivity index (χ3n) is 2.54. The van der Waals surface area contributed by atoms with Crippen molar-refractivity contribution in [1.29, 1.82) is 0 Å². The molecule has 0 amide bonds. The van der Waals surface area contributed by atoms with E-state index in [9.17, 15) is 13.2 Å². The Morgan fingerprint density at radius 2 is 1.42 bits per heavy atom. The third kappa shape index (κ3) is 3.09. The van der Waals surface area contributed by atoms with Crippen LogP contribution in [0.3, 0.4) is 0 Å². The lowest BCUT2D eigenvalue weighted by Gasteiger charge is -2.15. The average molecular weight is 267 g/mol. The molecule has 6 heteroatoms. The van der Waals surface area contributed by atoms with Crippen LogP contribution in [0.4, 0.5) is 35.9 Å². The van der Waals surface area contributed by atoms with Gasteiger partial charge in [-0.15, -0.1) is 0 Å². The van der Waals surface area contributed by atoms with Gasteiger partial charge in [0.25, 0.3) is 0 Å². The van der Waals surface area contributed by atoms with Crippen molar-refractivity contribution in [3.05, 3.63) is 48.0 Å². The smallest absolute Gasteiger partial charge is 0.399 e. The van der Waals surface area contributed by atoms with Crippen LogP contribution in [0.2, 0.25) is 0 Å². The number of hydrogen-bond donors (Lipinski definition) is 3. The summed E-state index contributed by atoms with van der Waals surface area (Å²) >= 11 is 0. The zero-order valence-electron chi connectivity index (χ0n) is 9.83. The number of nitrogens with two attached hydrogens (primary N) is 2. The number of nitrogen functional groups attached to an aromatic ring is 2. The first-order chi connectivity index (χ1) is 8.86. The summed E-state index contributed by atoms with van der Waals surface area (Å²) in [7, 11) is 0. The van der Waals surface area contributed by atoms with Gasteiger partial charge in [-0.25, -0.2) is 0 Å². The third-order valence-corrected chi connectivity index (χ3v) is 2.54. The van der Waals surface area contributed by atoms with Gasteiger partial charge in [0.1, 0.15) is 0 Å². The number of rotatable bonds is 2. The maximum absolute atomic E-state index is 12.9. The highest BCUT2D eigenvalue weighted by Gasteiger charge is 2.33. The zero-order valence-corrected chi connectivity index (χ0v) is 9.83. The highest BCUT2D eigenvalue weighted by molar-refractivity contribution is 5.67. The SMILES string of the molecule is Nc1ccc(Nc2ccc(N)cc2C(F)(F)F)cc1. The van der Waals surface area contributed by atoms with Gasteiger partial charge in [0.05, 0.1) is 11.3 Å². The predicted molar refractivity (Wildman–Crippen MR) is 70.0 cm³/mol. The van der Waals surface area contributed by atoms with Crippen LogP contribution in [0, 0.1) is 0 Å². The molecule has 0 atom stereocenters. The Balaban J connectivity index is 2.37. The minimum absolute atomic E-state index is 0.0496. The molecular formula is C13H12F3N3. The van der Waals surface area contributed by atoms with Crippen molar-refractivity contribution in [2.24, 2.45) is 0 Å².